The van der Waals surface area contributed by atoms with Crippen molar-refractivity contribution in [1.82, 2.24) is 5.32 Å². The zero-order chi connectivity index (χ0) is 14.3. The van der Waals surface area contributed by atoms with Crippen LogP contribution in [0.1, 0.15) is 19.8 Å². The Balaban J connectivity index is 2.40. The van der Waals surface area contributed by atoms with Crippen LogP contribution in [0.2, 0.25) is 0 Å². The molecule has 1 aromatic rings. The van der Waals surface area contributed by atoms with E-state index in [2.05, 4.69) is 10.6 Å². The summed E-state index contributed by atoms with van der Waals surface area (Å²) in [5.41, 5.74) is 1.80. The molecule has 106 valence electrons. The SMILES string of the molecule is CCCC(O)CNC(=O)Nc1ccc(N(C)C)cc1. The van der Waals surface area contributed by atoms with Gasteiger partial charge in [0.2, 0.25) is 0 Å². The monoisotopic (exact) mass is 265 g/mol. The topological polar surface area (TPSA) is 64.6 Å². The summed E-state index contributed by atoms with van der Waals surface area (Å²) in [7, 11) is 3.93. The summed E-state index contributed by atoms with van der Waals surface area (Å²) in [6.07, 6.45) is 1.11. The highest BCUT2D eigenvalue weighted by Gasteiger charge is 2.06. The van der Waals surface area contributed by atoms with Gasteiger partial charge in [-0.15, -0.1) is 0 Å². The number of hydrogen-bond acceptors (Lipinski definition) is 3. The third-order valence-electron chi connectivity index (χ3n) is 2.76. The molecule has 0 aliphatic rings. The van der Waals surface area contributed by atoms with Crippen molar-refractivity contribution in [3.05, 3.63) is 24.3 Å². The maximum Gasteiger partial charge on any atom is 0.319 e. The quantitative estimate of drug-likeness (QED) is 0.737. The number of aliphatic hydroxyl groups excluding tert-OH is 1. The van der Waals surface area contributed by atoms with Crippen molar-refractivity contribution in [3.8, 4) is 0 Å². The first-order valence-corrected chi connectivity index (χ1v) is 6.53. The third kappa shape index (κ3) is 5.61. The Bertz CT molecular complexity index is 390. The lowest BCUT2D eigenvalue weighted by Crippen LogP contribution is -2.35. The molecule has 0 aliphatic carbocycles. The van der Waals surface area contributed by atoms with E-state index in [1.807, 2.05) is 50.2 Å². The van der Waals surface area contributed by atoms with Crippen molar-refractivity contribution in [3.63, 3.8) is 0 Å². The van der Waals surface area contributed by atoms with Gasteiger partial charge < -0.3 is 20.6 Å². The van der Waals surface area contributed by atoms with Gasteiger partial charge in [0.15, 0.2) is 0 Å². The maximum absolute atomic E-state index is 11.6. The molecular weight excluding hydrogens is 242 g/mol. The van der Waals surface area contributed by atoms with E-state index < -0.39 is 6.10 Å². The Hall–Kier alpha value is -1.75. The number of rotatable bonds is 6. The molecule has 0 bridgehead atoms. The first-order chi connectivity index (χ1) is 9.02. The van der Waals surface area contributed by atoms with Gasteiger partial charge in [-0.25, -0.2) is 4.79 Å². The lowest BCUT2D eigenvalue weighted by atomic mass is 10.2. The summed E-state index contributed by atoms with van der Waals surface area (Å²) in [6, 6.07) is 7.26. The molecule has 0 heterocycles. The molecule has 0 saturated heterocycles. The molecule has 1 unspecified atom stereocenters. The minimum absolute atomic E-state index is 0.273. The fraction of sp³-hybridized carbons (Fsp3) is 0.500. The Morgan fingerprint density at radius 3 is 2.47 bits per heavy atom. The number of carbonyl (C=O) groups excluding carboxylic acids is 1. The molecular formula is C14H23N3O2. The summed E-state index contributed by atoms with van der Waals surface area (Å²) in [5, 5.41) is 14.9. The van der Waals surface area contributed by atoms with E-state index in [-0.39, 0.29) is 12.6 Å². The number of nitrogens with one attached hydrogen (secondary N) is 2. The Kier molecular flexibility index (Phi) is 6.15. The van der Waals surface area contributed by atoms with Gasteiger partial charge in [0.1, 0.15) is 0 Å². The van der Waals surface area contributed by atoms with E-state index in [4.69, 9.17) is 0 Å². The van der Waals surface area contributed by atoms with Crippen LogP contribution in [-0.4, -0.2) is 37.9 Å². The lowest BCUT2D eigenvalue weighted by Gasteiger charge is -2.14. The van der Waals surface area contributed by atoms with Gasteiger partial charge in [-0.05, 0) is 30.7 Å². The minimum atomic E-state index is -0.480. The molecule has 0 fully saturated rings. The number of urea groups is 1. The van der Waals surface area contributed by atoms with Crippen LogP contribution >= 0.6 is 0 Å². The number of nitrogens with zero attached hydrogens (tertiary/aromatic N) is 1. The second kappa shape index (κ2) is 7.63. The minimum Gasteiger partial charge on any atom is -0.391 e. The molecule has 1 aromatic carbocycles. The summed E-state index contributed by atoms with van der Waals surface area (Å²) in [4.78, 5) is 13.6. The average Bonchev–Trinajstić information content (AvgIpc) is 2.37. The van der Waals surface area contributed by atoms with E-state index >= 15 is 0 Å². The van der Waals surface area contributed by atoms with Crippen LogP contribution in [0.5, 0.6) is 0 Å². The van der Waals surface area contributed by atoms with Gasteiger partial charge in [-0.1, -0.05) is 13.3 Å². The lowest BCUT2D eigenvalue weighted by molar-refractivity contribution is 0.162. The van der Waals surface area contributed by atoms with Crippen LogP contribution in [0.25, 0.3) is 0 Å². The highest BCUT2D eigenvalue weighted by atomic mass is 16.3. The van der Waals surface area contributed by atoms with Crippen molar-refractivity contribution in [2.24, 2.45) is 0 Å². The van der Waals surface area contributed by atoms with Crippen molar-refractivity contribution >= 4 is 17.4 Å². The molecule has 2 amide bonds. The second-order valence-corrected chi connectivity index (χ2v) is 4.72. The molecule has 5 heteroatoms. The Morgan fingerprint density at radius 2 is 1.95 bits per heavy atom. The fourth-order valence-electron chi connectivity index (χ4n) is 1.66. The molecule has 5 nitrogen and oxygen atoms in total. The first kappa shape index (κ1) is 15.3. The number of hydrogen-bond donors (Lipinski definition) is 3. The van der Waals surface area contributed by atoms with E-state index in [1.54, 1.807) is 0 Å². The van der Waals surface area contributed by atoms with Crippen LogP contribution in [-0.2, 0) is 0 Å². The largest absolute Gasteiger partial charge is 0.391 e. The second-order valence-electron chi connectivity index (χ2n) is 4.72. The zero-order valence-electron chi connectivity index (χ0n) is 11.8. The van der Waals surface area contributed by atoms with Crippen molar-refractivity contribution in [1.29, 1.82) is 0 Å². The molecule has 0 radical (unpaired) electrons. The smallest absolute Gasteiger partial charge is 0.319 e. The zero-order valence-corrected chi connectivity index (χ0v) is 11.8. The summed E-state index contributed by atoms with van der Waals surface area (Å²) >= 11 is 0. The van der Waals surface area contributed by atoms with Crippen LogP contribution in [0.3, 0.4) is 0 Å². The highest BCUT2D eigenvalue weighted by molar-refractivity contribution is 5.89. The van der Waals surface area contributed by atoms with Crippen molar-refractivity contribution in [2.45, 2.75) is 25.9 Å². The van der Waals surface area contributed by atoms with Crippen LogP contribution in [0, 0.1) is 0 Å². The molecule has 3 N–H and O–H groups in total. The number of carbonyl (C=O) groups is 1. The van der Waals surface area contributed by atoms with Crippen LogP contribution in [0.4, 0.5) is 16.2 Å². The van der Waals surface area contributed by atoms with Crippen molar-refractivity contribution in [2.75, 3.05) is 30.9 Å². The normalized spacial score (nSPS) is 11.8. The third-order valence-corrected chi connectivity index (χ3v) is 2.76. The Morgan fingerprint density at radius 1 is 1.32 bits per heavy atom. The number of anilines is 2. The predicted molar refractivity (Wildman–Crippen MR) is 78.7 cm³/mol. The van der Waals surface area contributed by atoms with E-state index in [0.29, 0.717) is 6.42 Å². The van der Waals surface area contributed by atoms with E-state index in [0.717, 1.165) is 17.8 Å². The summed E-state index contributed by atoms with van der Waals surface area (Å²) in [6.45, 7) is 2.27. The molecule has 0 aliphatic heterocycles. The standard InChI is InChI=1S/C14H23N3O2/c1-4-5-13(18)10-15-14(19)16-11-6-8-12(9-7-11)17(2)3/h6-9,13,18H,4-5,10H2,1-3H3,(H2,15,16,19). The Labute approximate surface area is 114 Å². The highest BCUT2D eigenvalue weighted by Crippen LogP contribution is 2.15. The first-order valence-electron chi connectivity index (χ1n) is 6.53. The molecule has 1 rings (SSSR count). The molecule has 19 heavy (non-hydrogen) atoms. The van der Waals surface area contributed by atoms with Gasteiger partial charge in [-0.2, -0.15) is 0 Å². The average molecular weight is 265 g/mol. The van der Waals surface area contributed by atoms with Crippen LogP contribution < -0.4 is 15.5 Å². The number of benzene rings is 1. The van der Waals surface area contributed by atoms with Crippen LogP contribution in [0.15, 0.2) is 24.3 Å². The number of aliphatic hydroxyl groups is 1. The summed E-state index contributed by atoms with van der Waals surface area (Å²) < 4.78 is 0. The van der Waals surface area contributed by atoms with Gasteiger partial charge in [0.05, 0.1) is 6.10 Å². The molecule has 0 aromatic heterocycles. The van der Waals surface area contributed by atoms with E-state index in [9.17, 15) is 9.90 Å². The maximum atomic E-state index is 11.6. The van der Waals surface area contributed by atoms with E-state index in [1.165, 1.54) is 0 Å². The fourth-order valence-corrected chi connectivity index (χ4v) is 1.66. The predicted octanol–water partition coefficient (Wildman–Crippen LogP) is 2.04. The van der Waals surface area contributed by atoms with Gasteiger partial charge >= 0.3 is 6.03 Å². The number of amides is 2. The van der Waals surface area contributed by atoms with Crippen molar-refractivity contribution < 1.29 is 9.90 Å². The van der Waals surface area contributed by atoms with Gasteiger partial charge in [0.25, 0.3) is 0 Å². The molecule has 1 atom stereocenters. The molecule has 0 saturated carbocycles. The molecule has 0 spiro atoms. The summed E-state index contributed by atoms with van der Waals surface area (Å²) in [5.74, 6) is 0. The van der Waals surface area contributed by atoms with Gasteiger partial charge in [0, 0.05) is 32.0 Å². The van der Waals surface area contributed by atoms with Gasteiger partial charge in [-0.3, -0.25) is 0 Å².